The molecule has 0 aliphatic carbocycles. The topological polar surface area (TPSA) is 78.4 Å². The number of anilines is 2. The number of nitrogens with one attached hydrogen (secondary N) is 1. The van der Waals surface area contributed by atoms with Gasteiger partial charge in [-0.05, 0) is 35.7 Å². The Labute approximate surface area is 167 Å². The van der Waals surface area contributed by atoms with Crippen molar-refractivity contribution < 1.29 is 9.59 Å². The zero-order valence-corrected chi connectivity index (χ0v) is 16.6. The largest absolute Gasteiger partial charge is 0.325 e. The van der Waals surface area contributed by atoms with Crippen molar-refractivity contribution in [1.82, 2.24) is 13.6 Å². The minimum Gasteiger partial charge on any atom is -0.323 e. The molecule has 0 radical (unpaired) electrons. The van der Waals surface area contributed by atoms with Crippen LogP contribution in [0.1, 0.15) is 25.3 Å². The number of amides is 3. The number of rotatable bonds is 5. The summed E-state index contributed by atoms with van der Waals surface area (Å²) < 4.78 is 8.39. The number of carbonyl (C=O) groups excluding carboxylic acids is 2. The van der Waals surface area contributed by atoms with Gasteiger partial charge in [0.15, 0.2) is 0 Å². The van der Waals surface area contributed by atoms with Gasteiger partial charge in [-0.1, -0.05) is 32.0 Å². The van der Waals surface area contributed by atoms with E-state index in [9.17, 15) is 9.59 Å². The van der Waals surface area contributed by atoms with Crippen molar-refractivity contribution in [3.05, 3.63) is 48.0 Å². The van der Waals surface area contributed by atoms with E-state index >= 15 is 0 Å². The SMILES string of the molecule is CC(C)c1ccc(N2CCN(CC(=O)Nc3cccc4nsnc34)C2=O)cc1. The molecule has 8 heteroatoms. The van der Waals surface area contributed by atoms with Crippen LogP contribution in [0.4, 0.5) is 16.2 Å². The van der Waals surface area contributed by atoms with E-state index in [4.69, 9.17) is 0 Å². The van der Waals surface area contributed by atoms with Gasteiger partial charge in [0.05, 0.1) is 17.4 Å². The summed E-state index contributed by atoms with van der Waals surface area (Å²) in [4.78, 5) is 28.5. The zero-order chi connectivity index (χ0) is 19.7. The minimum atomic E-state index is -0.245. The molecular formula is C20H21N5O2S. The highest BCUT2D eigenvalue weighted by molar-refractivity contribution is 7.00. The first kappa shape index (κ1) is 18.4. The lowest BCUT2D eigenvalue weighted by atomic mass is 10.0. The van der Waals surface area contributed by atoms with Gasteiger partial charge in [0, 0.05) is 18.8 Å². The average Bonchev–Trinajstić information content (AvgIpc) is 3.30. The monoisotopic (exact) mass is 395 g/mol. The molecule has 4 rings (SSSR count). The molecule has 28 heavy (non-hydrogen) atoms. The number of fused-ring (bicyclic) bond motifs is 1. The summed E-state index contributed by atoms with van der Waals surface area (Å²) >= 11 is 1.11. The van der Waals surface area contributed by atoms with Gasteiger partial charge in [-0.25, -0.2) is 4.79 Å². The van der Waals surface area contributed by atoms with Crippen LogP contribution in [0.5, 0.6) is 0 Å². The van der Waals surface area contributed by atoms with Crippen molar-refractivity contribution in [3.63, 3.8) is 0 Å². The summed E-state index contributed by atoms with van der Waals surface area (Å²) in [6.07, 6.45) is 0. The third kappa shape index (κ3) is 3.55. The van der Waals surface area contributed by atoms with Crippen LogP contribution < -0.4 is 10.2 Å². The van der Waals surface area contributed by atoms with Crippen LogP contribution in [-0.4, -0.2) is 45.2 Å². The molecule has 1 saturated heterocycles. The molecule has 0 spiro atoms. The second kappa shape index (κ2) is 7.55. The van der Waals surface area contributed by atoms with Crippen molar-refractivity contribution in [2.75, 3.05) is 29.9 Å². The van der Waals surface area contributed by atoms with Gasteiger partial charge >= 0.3 is 6.03 Å². The zero-order valence-electron chi connectivity index (χ0n) is 15.8. The molecule has 7 nitrogen and oxygen atoms in total. The summed E-state index contributed by atoms with van der Waals surface area (Å²) in [6.45, 7) is 5.36. The number of urea groups is 1. The van der Waals surface area contributed by atoms with Crippen LogP contribution in [0.2, 0.25) is 0 Å². The third-order valence-corrected chi connectivity index (χ3v) is 5.40. The maximum absolute atomic E-state index is 12.7. The van der Waals surface area contributed by atoms with Crippen molar-refractivity contribution in [2.24, 2.45) is 0 Å². The van der Waals surface area contributed by atoms with Crippen molar-refractivity contribution in [1.29, 1.82) is 0 Å². The molecule has 1 aliphatic rings. The normalized spacial score (nSPS) is 14.3. The summed E-state index contributed by atoms with van der Waals surface area (Å²) in [5.41, 5.74) is 4.12. The smallest absolute Gasteiger partial charge is 0.323 e. The van der Waals surface area contributed by atoms with Crippen LogP contribution in [0, 0.1) is 0 Å². The van der Waals surface area contributed by atoms with Gasteiger partial charge < -0.3 is 10.2 Å². The lowest BCUT2D eigenvalue weighted by Gasteiger charge is -2.19. The molecule has 1 aliphatic heterocycles. The Morgan fingerprint density at radius 2 is 1.93 bits per heavy atom. The van der Waals surface area contributed by atoms with Crippen molar-refractivity contribution in [3.8, 4) is 0 Å². The Balaban J connectivity index is 1.41. The Morgan fingerprint density at radius 3 is 2.68 bits per heavy atom. The standard InChI is InChI=1S/C20H21N5O2S/c1-13(2)14-6-8-15(9-7-14)25-11-10-24(20(25)27)12-18(26)21-16-4-3-5-17-19(16)23-28-22-17/h3-9,13H,10-12H2,1-2H3,(H,21,26). The fourth-order valence-corrected chi connectivity index (χ4v) is 3.83. The Hall–Kier alpha value is -3.00. The fraction of sp³-hybridized carbons (Fsp3) is 0.300. The van der Waals surface area contributed by atoms with Gasteiger partial charge in [0.2, 0.25) is 5.91 Å². The molecule has 2 heterocycles. The van der Waals surface area contributed by atoms with E-state index in [0.717, 1.165) is 22.9 Å². The minimum absolute atomic E-state index is 0.00731. The van der Waals surface area contributed by atoms with Crippen LogP contribution in [0.15, 0.2) is 42.5 Å². The van der Waals surface area contributed by atoms with Gasteiger partial charge in [-0.3, -0.25) is 9.69 Å². The second-order valence-corrected chi connectivity index (χ2v) is 7.62. The predicted molar refractivity (Wildman–Crippen MR) is 111 cm³/mol. The summed E-state index contributed by atoms with van der Waals surface area (Å²) in [6, 6.07) is 13.3. The molecule has 0 saturated carbocycles. The lowest BCUT2D eigenvalue weighted by Crippen LogP contribution is -2.37. The molecular weight excluding hydrogens is 374 g/mol. The molecule has 3 aromatic rings. The van der Waals surface area contributed by atoms with E-state index in [-0.39, 0.29) is 18.5 Å². The quantitative estimate of drug-likeness (QED) is 0.715. The number of carbonyl (C=O) groups is 2. The first-order valence-electron chi connectivity index (χ1n) is 9.20. The first-order chi connectivity index (χ1) is 13.5. The van der Waals surface area contributed by atoms with E-state index in [1.807, 2.05) is 36.4 Å². The molecule has 0 atom stereocenters. The maximum atomic E-state index is 12.7. The van der Waals surface area contributed by atoms with Crippen LogP contribution in [0.25, 0.3) is 11.0 Å². The van der Waals surface area contributed by atoms with Crippen LogP contribution >= 0.6 is 11.7 Å². The average molecular weight is 395 g/mol. The second-order valence-electron chi connectivity index (χ2n) is 7.09. The Kier molecular flexibility index (Phi) is 4.95. The highest BCUT2D eigenvalue weighted by Gasteiger charge is 2.31. The lowest BCUT2D eigenvalue weighted by molar-refractivity contribution is -0.116. The van der Waals surface area contributed by atoms with E-state index in [1.165, 1.54) is 5.56 Å². The Morgan fingerprint density at radius 1 is 1.14 bits per heavy atom. The van der Waals surface area contributed by atoms with Gasteiger partial charge in [-0.2, -0.15) is 8.75 Å². The number of aromatic nitrogens is 2. The van der Waals surface area contributed by atoms with E-state index in [0.29, 0.717) is 30.2 Å². The van der Waals surface area contributed by atoms with Crippen molar-refractivity contribution in [2.45, 2.75) is 19.8 Å². The predicted octanol–water partition coefficient (Wildman–Crippen LogP) is 3.70. The first-order valence-corrected chi connectivity index (χ1v) is 9.93. The van der Waals surface area contributed by atoms with E-state index < -0.39 is 0 Å². The van der Waals surface area contributed by atoms with Gasteiger partial charge in [0.1, 0.15) is 17.6 Å². The number of hydrogen-bond acceptors (Lipinski definition) is 5. The summed E-state index contributed by atoms with van der Waals surface area (Å²) in [5, 5.41) is 2.85. The Bertz CT molecular complexity index is 1010. The number of hydrogen-bond donors (Lipinski definition) is 1. The molecule has 3 amide bonds. The van der Waals surface area contributed by atoms with Crippen LogP contribution in [0.3, 0.4) is 0 Å². The fourth-order valence-electron chi connectivity index (χ4n) is 3.28. The highest BCUT2D eigenvalue weighted by atomic mass is 32.1. The number of benzene rings is 2. The molecule has 0 bridgehead atoms. The summed E-state index contributed by atoms with van der Waals surface area (Å²) in [5.74, 6) is 0.201. The van der Waals surface area contributed by atoms with Crippen LogP contribution in [-0.2, 0) is 4.79 Å². The van der Waals surface area contributed by atoms with Gasteiger partial charge in [-0.15, -0.1) is 0 Å². The number of nitrogens with zero attached hydrogens (tertiary/aromatic N) is 4. The maximum Gasteiger partial charge on any atom is 0.325 e. The highest BCUT2D eigenvalue weighted by Crippen LogP contribution is 2.24. The van der Waals surface area contributed by atoms with E-state index in [1.54, 1.807) is 15.9 Å². The molecule has 144 valence electrons. The van der Waals surface area contributed by atoms with Crippen molar-refractivity contribution >= 4 is 46.1 Å². The molecule has 2 aromatic carbocycles. The molecule has 1 fully saturated rings. The summed E-state index contributed by atoms with van der Waals surface area (Å²) in [7, 11) is 0. The molecule has 1 aromatic heterocycles. The van der Waals surface area contributed by atoms with Gasteiger partial charge in [0.25, 0.3) is 0 Å². The molecule has 1 N–H and O–H groups in total. The van der Waals surface area contributed by atoms with E-state index in [2.05, 4.69) is 27.9 Å². The third-order valence-electron chi connectivity index (χ3n) is 4.86. The molecule has 0 unspecified atom stereocenters.